The number of hydrogen-bond acceptors (Lipinski definition) is 5. The molecule has 32 heavy (non-hydrogen) atoms. The first-order valence-corrected chi connectivity index (χ1v) is 11.7. The quantitative estimate of drug-likeness (QED) is 0.446. The van der Waals surface area contributed by atoms with Gasteiger partial charge in [-0.05, 0) is 47.2 Å². The van der Waals surface area contributed by atoms with Crippen molar-refractivity contribution in [2.75, 3.05) is 0 Å². The highest BCUT2D eigenvalue weighted by molar-refractivity contribution is 9.10. The molecule has 0 aliphatic carbocycles. The lowest BCUT2D eigenvalue weighted by molar-refractivity contribution is -0.113. The van der Waals surface area contributed by atoms with Gasteiger partial charge in [0.1, 0.15) is 5.75 Å². The van der Waals surface area contributed by atoms with Gasteiger partial charge in [-0.15, -0.1) is 0 Å². The van der Waals surface area contributed by atoms with Crippen LogP contribution in [0.15, 0.2) is 98.3 Å². The number of aliphatic imine (C=N–C) groups is 1. The second-order valence-corrected chi connectivity index (χ2v) is 9.33. The fourth-order valence-electron chi connectivity index (χ4n) is 3.75. The van der Waals surface area contributed by atoms with Crippen LogP contribution in [0.3, 0.4) is 0 Å². The van der Waals surface area contributed by atoms with Crippen molar-refractivity contribution in [2.45, 2.75) is 12.5 Å². The number of hydrogen-bond donors (Lipinski definition) is 1. The SMILES string of the molecule is O=C1N=C(N2N=C(c3ccccc3)CC2c2ccccc2O)S/C1=C\c1cccc(Br)c1. The summed E-state index contributed by atoms with van der Waals surface area (Å²) in [7, 11) is 0. The topological polar surface area (TPSA) is 65.3 Å². The van der Waals surface area contributed by atoms with Gasteiger partial charge in [-0.25, -0.2) is 5.01 Å². The largest absolute Gasteiger partial charge is 0.508 e. The van der Waals surface area contributed by atoms with Gasteiger partial charge in [0.2, 0.25) is 0 Å². The van der Waals surface area contributed by atoms with E-state index in [-0.39, 0.29) is 17.7 Å². The molecule has 1 N–H and O–H groups in total. The molecule has 158 valence electrons. The minimum absolute atomic E-state index is 0.201. The zero-order valence-corrected chi connectivity index (χ0v) is 19.3. The molecule has 2 aliphatic heterocycles. The smallest absolute Gasteiger partial charge is 0.286 e. The maximum absolute atomic E-state index is 12.7. The van der Waals surface area contributed by atoms with Crippen LogP contribution in [-0.2, 0) is 4.79 Å². The number of hydrazone groups is 1. The second kappa shape index (κ2) is 8.76. The molecule has 0 saturated heterocycles. The van der Waals surface area contributed by atoms with Crippen LogP contribution in [0.25, 0.3) is 6.08 Å². The van der Waals surface area contributed by atoms with Crippen molar-refractivity contribution in [1.29, 1.82) is 0 Å². The molecule has 0 aromatic heterocycles. The van der Waals surface area contributed by atoms with Gasteiger partial charge < -0.3 is 5.11 Å². The second-order valence-electron chi connectivity index (χ2n) is 7.40. The van der Waals surface area contributed by atoms with Crippen molar-refractivity contribution >= 4 is 50.6 Å². The molecular formula is C25H18BrN3O2S. The molecule has 0 bridgehead atoms. The third-order valence-corrected chi connectivity index (χ3v) is 6.73. The maximum atomic E-state index is 12.7. The Bertz CT molecular complexity index is 1290. The fraction of sp³-hybridized carbons (Fsp3) is 0.0800. The standard InChI is InChI=1S/C25H18BrN3O2S/c26-18-10-6-7-16(13-18)14-23-24(31)27-25(32-23)29-21(19-11-4-5-12-22(19)30)15-20(28-29)17-8-2-1-3-9-17/h1-14,21,30H,15H2/b23-14-. The third-order valence-electron chi connectivity index (χ3n) is 5.26. The Labute approximate surface area is 198 Å². The minimum atomic E-state index is -0.288. The van der Waals surface area contributed by atoms with Gasteiger partial charge in [0.15, 0.2) is 5.17 Å². The number of halogens is 1. The molecular weight excluding hydrogens is 486 g/mol. The number of carbonyl (C=O) groups is 1. The Morgan fingerprint density at radius 2 is 1.81 bits per heavy atom. The number of rotatable bonds is 3. The van der Waals surface area contributed by atoms with Crippen molar-refractivity contribution in [1.82, 2.24) is 5.01 Å². The first kappa shape index (κ1) is 20.7. The van der Waals surface area contributed by atoms with E-state index in [4.69, 9.17) is 5.10 Å². The predicted molar refractivity (Wildman–Crippen MR) is 132 cm³/mol. The molecule has 0 spiro atoms. The summed E-state index contributed by atoms with van der Waals surface area (Å²) in [6.45, 7) is 0. The lowest BCUT2D eigenvalue weighted by Crippen LogP contribution is -2.23. The number of phenolic OH excluding ortho intramolecular Hbond substituents is 1. The molecule has 1 atom stereocenters. The van der Waals surface area contributed by atoms with E-state index in [1.165, 1.54) is 11.8 Å². The van der Waals surface area contributed by atoms with Crippen molar-refractivity contribution in [2.24, 2.45) is 10.1 Å². The average Bonchev–Trinajstić information content (AvgIpc) is 3.39. The molecule has 5 rings (SSSR count). The lowest BCUT2D eigenvalue weighted by atomic mass is 9.98. The van der Waals surface area contributed by atoms with Crippen LogP contribution in [0.4, 0.5) is 0 Å². The van der Waals surface area contributed by atoms with E-state index >= 15 is 0 Å². The highest BCUT2D eigenvalue weighted by Crippen LogP contribution is 2.41. The van der Waals surface area contributed by atoms with Crippen LogP contribution in [0.1, 0.15) is 29.2 Å². The number of aromatic hydroxyl groups is 1. The number of thioether (sulfide) groups is 1. The zero-order chi connectivity index (χ0) is 22.1. The zero-order valence-electron chi connectivity index (χ0n) is 16.9. The molecule has 1 amide bonds. The van der Waals surface area contributed by atoms with Crippen LogP contribution in [0.2, 0.25) is 0 Å². The molecule has 1 unspecified atom stereocenters. The molecule has 3 aromatic carbocycles. The van der Waals surface area contributed by atoms with Gasteiger partial charge in [0.25, 0.3) is 5.91 Å². The maximum Gasteiger partial charge on any atom is 0.286 e. The molecule has 3 aromatic rings. The Hall–Kier alpha value is -3.16. The van der Waals surface area contributed by atoms with Crippen molar-refractivity contribution in [3.63, 3.8) is 0 Å². The number of phenols is 1. The van der Waals surface area contributed by atoms with Gasteiger partial charge in [-0.3, -0.25) is 4.79 Å². The highest BCUT2D eigenvalue weighted by Gasteiger charge is 2.37. The summed E-state index contributed by atoms with van der Waals surface area (Å²) in [5.74, 6) is -0.0868. The summed E-state index contributed by atoms with van der Waals surface area (Å²) >= 11 is 4.76. The first-order chi connectivity index (χ1) is 15.6. The number of carbonyl (C=O) groups excluding carboxylic acids is 1. The molecule has 7 heteroatoms. The Morgan fingerprint density at radius 3 is 2.59 bits per heavy atom. The summed E-state index contributed by atoms with van der Waals surface area (Å²) < 4.78 is 0.944. The Balaban J connectivity index is 1.50. The van der Waals surface area contributed by atoms with E-state index in [2.05, 4.69) is 20.9 Å². The first-order valence-electron chi connectivity index (χ1n) is 10.1. The van der Waals surface area contributed by atoms with Crippen LogP contribution < -0.4 is 0 Å². The van der Waals surface area contributed by atoms with Gasteiger partial charge in [-0.1, -0.05) is 76.6 Å². The van der Waals surface area contributed by atoms with Crippen molar-refractivity contribution < 1.29 is 9.90 Å². The van der Waals surface area contributed by atoms with E-state index in [9.17, 15) is 9.90 Å². The van der Waals surface area contributed by atoms with Crippen LogP contribution in [0, 0.1) is 0 Å². The number of amidine groups is 1. The lowest BCUT2D eigenvalue weighted by Gasteiger charge is -2.23. The monoisotopic (exact) mass is 503 g/mol. The van der Waals surface area contributed by atoms with Crippen LogP contribution >= 0.6 is 27.7 Å². The summed E-state index contributed by atoms with van der Waals surface area (Å²) in [5.41, 5.74) is 3.57. The summed E-state index contributed by atoms with van der Waals surface area (Å²) in [5, 5.41) is 17.6. The van der Waals surface area contributed by atoms with Crippen LogP contribution in [-0.4, -0.2) is 26.9 Å². The summed E-state index contributed by atoms with van der Waals surface area (Å²) in [4.78, 5) is 17.5. The van der Waals surface area contributed by atoms with Crippen molar-refractivity contribution in [3.05, 3.63) is 105 Å². The minimum Gasteiger partial charge on any atom is -0.508 e. The molecule has 0 fully saturated rings. The number of nitrogens with zero attached hydrogens (tertiary/aromatic N) is 3. The number of para-hydroxylation sites is 1. The molecule has 0 saturated carbocycles. The van der Waals surface area contributed by atoms with E-state index < -0.39 is 0 Å². The van der Waals surface area contributed by atoms with E-state index in [0.717, 1.165) is 26.9 Å². The van der Waals surface area contributed by atoms with Crippen molar-refractivity contribution in [3.8, 4) is 5.75 Å². The van der Waals surface area contributed by atoms with Crippen LogP contribution in [0.5, 0.6) is 5.75 Å². The van der Waals surface area contributed by atoms with E-state index in [0.29, 0.717) is 16.5 Å². The van der Waals surface area contributed by atoms with Gasteiger partial charge >= 0.3 is 0 Å². The van der Waals surface area contributed by atoms with E-state index in [1.54, 1.807) is 17.1 Å². The fourth-order valence-corrected chi connectivity index (χ4v) is 5.08. The summed E-state index contributed by atoms with van der Waals surface area (Å²) in [6, 6.07) is 24.7. The highest BCUT2D eigenvalue weighted by atomic mass is 79.9. The summed E-state index contributed by atoms with van der Waals surface area (Å²) in [6.07, 6.45) is 2.43. The molecule has 0 radical (unpaired) electrons. The Kier molecular flexibility index (Phi) is 5.68. The van der Waals surface area contributed by atoms with Gasteiger partial charge in [0.05, 0.1) is 16.7 Å². The number of benzene rings is 3. The number of amides is 1. The van der Waals surface area contributed by atoms with Gasteiger partial charge in [-0.2, -0.15) is 10.1 Å². The van der Waals surface area contributed by atoms with E-state index in [1.807, 2.05) is 72.8 Å². The molecule has 2 aliphatic rings. The normalized spacial score (nSPS) is 19.4. The average molecular weight is 504 g/mol. The molecule has 5 nitrogen and oxygen atoms in total. The Morgan fingerprint density at radius 1 is 1.03 bits per heavy atom. The molecule has 2 heterocycles. The predicted octanol–water partition coefficient (Wildman–Crippen LogP) is 5.98. The van der Waals surface area contributed by atoms with Gasteiger partial charge in [0, 0.05) is 16.5 Å². The third kappa shape index (κ3) is 4.13.